The van der Waals surface area contributed by atoms with Gasteiger partial charge in [-0.05, 0) is 42.7 Å². The number of aromatic nitrogens is 3. The molecule has 0 bridgehead atoms. The van der Waals surface area contributed by atoms with Gasteiger partial charge < -0.3 is 4.74 Å². The number of ether oxygens (including phenoxy) is 1. The van der Waals surface area contributed by atoms with Crippen molar-refractivity contribution in [1.82, 2.24) is 14.8 Å². The summed E-state index contributed by atoms with van der Waals surface area (Å²) < 4.78 is 7.14. The third kappa shape index (κ3) is 4.03. The predicted molar refractivity (Wildman–Crippen MR) is 108 cm³/mol. The summed E-state index contributed by atoms with van der Waals surface area (Å²) in [5, 5.41) is 3.38. The molecular formula is C22H22N4O3. The highest BCUT2D eigenvalue weighted by Crippen LogP contribution is 2.23. The first-order chi connectivity index (χ1) is 14.1. The lowest BCUT2D eigenvalue weighted by atomic mass is 9.87. The molecule has 1 aromatic carbocycles. The van der Waals surface area contributed by atoms with Gasteiger partial charge in [0.15, 0.2) is 5.49 Å². The molecule has 148 valence electrons. The van der Waals surface area contributed by atoms with Crippen LogP contribution < -0.4 is 21.0 Å². The summed E-state index contributed by atoms with van der Waals surface area (Å²) in [6, 6.07) is 15.2. The molecule has 29 heavy (non-hydrogen) atoms. The number of para-hydroxylation sites is 1. The predicted octanol–water partition coefficient (Wildman–Crippen LogP) is 1.14. The fraction of sp³-hybridized carbons (Fsp3) is 0.273. The normalized spacial score (nSPS) is 15.7. The van der Waals surface area contributed by atoms with Gasteiger partial charge >= 0.3 is 0 Å². The third-order valence-electron chi connectivity index (χ3n) is 5.03. The number of nitrogens with one attached hydrogen (secondary N) is 1. The molecule has 7 heteroatoms. The van der Waals surface area contributed by atoms with Crippen LogP contribution in [-0.4, -0.2) is 27.3 Å². The number of fused-ring (bicyclic) bond motifs is 1. The molecule has 0 saturated carbocycles. The number of amides is 1. The van der Waals surface area contributed by atoms with Crippen LogP contribution in [0.1, 0.15) is 18.5 Å². The summed E-state index contributed by atoms with van der Waals surface area (Å²) in [4.78, 5) is 33.9. The van der Waals surface area contributed by atoms with Crippen molar-refractivity contribution in [1.29, 1.82) is 0 Å². The Morgan fingerprint density at radius 3 is 2.66 bits per heavy atom. The number of aromatic amines is 1. The van der Waals surface area contributed by atoms with E-state index in [1.54, 1.807) is 13.2 Å². The Morgan fingerprint density at radius 1 is 1.10 bits per heavy atom. The van der Waals surface area contributed by atoms with E-state index in [2.05, 4.69) is 15.1 Å². The summed E-state index contributed by atoms with van der Waals surface area (Å²) in [7, 11) is 1.63. The summed E-state index contributed by atoms with van der Waals surface area (Å²) in [6.45, 7) is 0.495. The zero-order chi connectivity index (χ0) is 20.2. The van der Waals surface area contributed by atoms with Crippen LogP contribution in [0.5, 0.6) is 5.75 Å². The van der Waals surface area contributed by atoms with Crippen LogP contribution in [0.3, 0.4) is 0 Å². The van der Waals surface area contributed by atoms with E-state index < -0.39 is 5.92 Å². The van der Waals surface area contributed by atoms with Gasteiger partial charge in [0.2, 0.25) is 0 Å². The summed E-state index contributed by atoms with van der Waals surface area (Å²) >= 11 is 0. The maximum atomic E-state index is 12.8. The fourth-order valence-corrected chi connectivity index (χ4v) is 3.62. The van der Waals surface area contributed by atoms with Gasteiger partial charge in [-0.25, -0.2) is 0 Å². The minimum absolute atomic E-state index is 0.166. The molecular weight excluding hydrogens is 368 g/mol. The average molecular weight is 390 g/mol. The Morgan fingerprint density at radius 2 is 1.90 bits per heavy atom. The lowest BCUT2D eigenvalue weighted by molar-refractivity contribution is -0.120. The number of hydrogen-bond donors (Lipinski definition) is 1. The minimum Gasteiger partial charge on any atom is -0.494 e. The minimum atomic E-state index is -0.488. The lowest BCUT2D eigenvalue weighted by Crippen LogP contribution is -2.44. The Labute approximate surface area is 167 Å². The summed E-state index contributed by atoms with van der Waals surface area (Å²) in [5.74, 6) is 0.0668. The monoisotopic (exact) mass is 390 g/mol. The van der Waals surface area contributed by atoms with Gasteiger partial charge in [0.05, 0.1) is 17.7 Å². The molecule has 3 aromatic rings. The van der Waals surface area contributed by atoms with Crippen molar-refractivity contribution in [3.05, 3.63) is 81.5 Å². The molecule has 1 unspecified atom stereocenters. The van der Waals surface area contributed by atoms with Crippen molar-refractivity contribution in [3.8, 4) is 5.75 Å². The van der Waals surface area contributed by atoms with Crippen LogP contribution >= 0.6 is 0 Å². The molecule has 1 N–H and O–H groups in total. The van der Waals surface area contributed by atoms with Crippen LogP contribution in [0.4, 0.5) is 0 Å². The molecule has 4 rings (SSSR count). The van der Waals surface area contributed by atoms with Crippen molar-refractivity contribution in [2.24, 2.45) is 18.0 Å². The molecule has 1 atom stereocenters. The largest absolute Gasteiger partial charge is 0.494 e. The van der Waals surface area contributed by atoms with Gasteiger partial charge in [0.1, 0.15) is 5.75 Å². The van der Waals surface area contributed by atoms with E-state index in [9.17, 15) is 9.59 Å². The van der Waals surface area contributed by atoms with Crippen LogP contribution in [0.2, 0.25) is 0 Å². The van der Waals surface area contributed by atoms with Gasteiger partial charge in [0.25, 0.3) is 11.5 Å². The van der Waals surface area contributed by atoms with Gasteiger partial charge in [-0.1, -0.05) is 24.3 Å². The van der Waals surface area contributed by atoms with E-state index in [-0.39, 0.29) is 11.5 Å². The van der Waals surface area contributed by atoms with E-state index in [0.717, 1.165) is 17.0 Å². The molecule has 0 fully saturated rings. The van der Waals surface area contributed by atoms with Crippen molar-refractivity contribution in [3.63, 3.8) is 0 Å². The number of rotatable bonds is 7. The molecule has 1 aliphatic heterocycles. The second kappa shape index (κ2) is 8.26. The van der Waals surface area contributed by atoms with Crippen LogP contribution in [-0.2, 0) is 18.3 Å². The standard InChI is InChI=1S/C22H22N4O3/c1-26-22(28)19-17(11-7-13-29-16-9-3-2-4-10-16)18(21(27)24-20(19)25-26)14-15-8-5-6-12-23-15/h2-6,8-10,12,18H,7,11,13-14H2,1H3,(H,24,25,27). The molecule has 2 aromatic heterocycles. The first-order valence-electron chi connectivity index (χ1n) is 9.62. The third-order valence-corrected chi connectivity index (χ3v) is 5.03. The molecule has 0 radical (unpaired) electrons. The van der Waals surface area contributed by atoms with Gasteiger partial charge in [0, 0.05) is 25.4 Å². The smallest absolute Gasteiger partial charge is 0.275 e. The van der Waals surface area contributed by atoms with Crippen LogP contribution in [0.15, 0.2) is 64.5 Å². The Bertz CT molecular complexity index is 1180. The quantitative estimate of drug-likeness (QED) is 0.613. The fourth-order valence-electron chi connectivity index (χ4n) is 3.62. The average Bonchev–Trinajstić information content (AvgIpc) is 3.02. The number of nitrogens with zero attached hydrogens (tertiary/aromatic N) is 3. The Kier molecular flexibility index (Phi) is 5.37. The SMILES string of the molecule is Cn1[nH]c2c(c1=O)=C(CCCOc1ccccc1)C(Cc1ccccn1)C(=O)N=2. The molecule has 0 aliphatic carbocycles. The van der Waals surface area contributed by atoms with Gasteiger partial charge in [-0.15, -0.1) is 0 Å². The van der Waals surface area contributed by atoms with Crippen molar-refractivity contribution >= 4 is 11.5 Å². The van der Waals surface area contributed by atoms with Crippen molar-refractivity contribution < 1.29 is 9.53 Å². The number of hydrogen-bond acceptors (Lipinski definition) is 4. The second-order valence-corrected chi connectivity index (χ2v) is 7.02. The number of benzene rings is 1. The Balaban J connectivity index is 1.61. The number of pyridine rings is 1. The van der Waals surface area contributed by atoms with Crippen LogP contribution in [0, 0.1) is 5.92 Å². The van der Waals surface area contributed by atoms with E-state index in [4.69, 9.17) is 4.74 Å². The van der Waals surface area contributed by atoms with Gasteiger partial charge in [-0.2, -0.15) is 4.99 Å². The molecule has 7 nitrogen and oxygen atoms in total. The van der Waals surface area contributed by atoms with Crippen molar-refractivity contribution in [2.75, 3.05) is 6.61 Å². The molecule has 0 saturated heterocycles. The number of carbonyl (C=O) groups is 1. The van der Waals surface area contributed by atoms with E-state index in [0.29, 0.717) is 36.6 Å². The van der Waals surface area contributed by atoms with Crippen LogP contribution in [0.25, 0.3) is 5.57 Å². The topological polar surface area (TPSA) is 89.3 Å². The lowest BCUT2D eigenvalue weighted by Gasteiger charge is -2.19. The van der Waals surface area contributed by atoms with E-state index in [1.165, 1.54) is 4.68 Å². The zero-order valence-corrected chi connectivity index (χ0v) is 16.2. The zero-order valence-electron chi connectivity index (χ0n) is 16.2. The maximum Gasteiger partial charge on any atom is 0.275 e. The Hall–Kier alpha value is -3.48. The summed E-state index contributed by atoms with van der Waals surface area (Å²) in [6.07, 6.45) is 3.38. The highest BCUT2D eigenvalue weighted by atomic mass is 16.5. The van der Waals surface area contributed by atoms with E-state index in [1.807, 2.05) is 48.5 Å². The number of carbonyl (C=O) groups excluding carboxylic acids is 1. The molecule has 0 spiro atoms. The molecule has 1 aliphatic rings. The van der Waals surface area contributed by atoms with Crippen molar-refractivity contribution in [2.45, 2.75) is 19.3 Å². The number of H-pyrrole nitrogens is 1. The van der Waals surface area contributed by atoms with E-state index >= 15 is 0 Å². The first-order valence-corrected chi connectivity index (χ1v) is 9.62. The highest BCUT2D eigenvalue weighted by molar-refractivity contribution is 5.89. The maximum absolute atomic E-state index is 12.8. The molecule has 1 amide bonds. The first kappa shape index (κ1) is 18.9. The second-order valence-electron chi connectivity index (χ2n) is 7.02. The van der Waals surface area contributed by atoms with Gasteiger partial charge in [-0.3, -0.25) is 24.4 Å². The molecule has 3 heterocycles. The summed E-state index contributed by atoms with van der Waals surface area (Å²) in [5.41, 5.74) is 1.79. The number of aryl methyl sites for hydroxylation is 1. The highest BCUT2D eigenvalue weighted by Gasteiger charge is 2.29.